The van der Waals surface area contributed by atoms with Gasteiger partial charge in [-0.15, -0.1) is 0 Å². The molecule has 3 heterocycles. The summed E-state index contributed by atoms with van der Waals surface area (Å²) in [5.41, 5.74) is -2.32. The van der Waals surface area contributed by atoms with Crippen molar-refractivity contribution in [1.82, 2.24) is 4.98 Å². The number of fused-ring (bicyclic) bond motifs is 1. The van der Waals surface area contributed by atoms with Crippen molar-refractivity contribution in [1.29, 1.82) is 0 Å². The first kappa shape index (κ1) is 21.5. The van der Waals surface area contributed by atoms with Crippen molar-refractivity contribution in [2.24, 2.45) is 0 Å². The number of hydrogen-bond acceptors (Lipinski definition) is 5. The van der Waals surface area contributed by atoms with Gasteiger partial charge in [-0.1, -0.05) is 11.6 Å². The molecule has 0 N–H and O–H groups in total. The van der Waals surface area contributed by atoms with Crippen molar-refractivity contribution in [2.45, 2.75) is 51.0 Å². The second-order valence-corrected chi connectivity index (χ2v) is 8.77. The van der Waals surface area contributed by atoms with Gasteiger partial charge in [0.05, 0.1) is 11.3 Å². The van der Waals surface area contributed by atoms with Crippen LogP contribution >= 0.6 is 11.6 Å². The van der Waals surface area contributed by atoms with E-state index < -0.39 is 82.7 Å². The largest absolute Gasteiger partial charge is 0.416 e. The van der Waals surface area contributed by atoms with Gasteiger partial charge in [0.1, 0.15) is 28.8 Å². The lowest BCUT2D eigenvalue weighted by molar-refractivity contribution is -0.161. The van der Waals surface area contributed by atoms with Crippen LogP contribution in [0.5, 0.6) is 0 Å². The summed E-state index contributed by atoms with van der Waals surface area (Å²) in [7, 11) is 0. The highest BCUT2D eigenvalue weighted by Crippen LogP contribution is 2.42. The Balaban J connectivity index is 1.91. The molecule has 2 fully saturated rings. The van der Waals surface area contributed by atoms with E-state index in [1.54, 1.807) is 0 Å². The van der Waals surface area contributed by atoms with E-state index in [1.807, 2.05) is 0 Å². The molecule has 3 unspecified atom stereocenters. The summed E-state index contributed by atoms with van der Waals surface area (Å²) in [6.45, 7) is 0.603. The van der Waals surface area contributed by atoms with E-state index >= 15 is 0 Å². The number of amides is 2. The van der Waals surface area contributed by atoms with Crippen LogP contribution in [0.25, 0.3) is 0 Å². The standard InChI is InChI=1S/C22H19ClF5N3O4/c1-9-7-10(22(26,27)28)8-13(29-9)31-16(17-18(20(31)33)35-21(2,3)34-17)19(32)30(4)12-6-5-11(24)14(23)15(12)25/h5-8,16-18H,1-4H3/i4D3. The Morgan fingerprint density at radius 3 is 2.57 bits per heavy atom. The summed E-state index contributed by atoms with van der Waals surface area (Å²) in [6, 6.07) is 0.535. The molecule has 1 aromatic heterocycles. The number of pyridine rings is 1. The topological polar surface area (TPSA) is 72.0 Å². The molecule has 0 saturated carbocycles. The second-order valence-electron chi connectivity index (χ2n) is 8.40. The minimum atomic E-state index is -4.85. The molecular formula is C22H19ClF5N3O4. The molecule has 2 aliphatic heterocycles. The molecule has 0 spiro atoms. The van der Waals surface area contributed by atoms with Gasteiger partial charge in [0.2, 0.25) is 0 Å². The summed E-state index contributed by atoms with van der Waals surface area (Å²) in [5.74, 6) is -7.41. The predicted octanol–water partition coefficient (Wildman–Crippen LogP) is 4.24. The average molecular weight is 523 g/mol. The van der Waals surface area contributed by atoms with Gasteiger partial charge in [0.25, 0.3) is 11.8 Å². The van der Waals surface area contributed by atoms with Gasteiger partial charge in [-0.3, -0.25) is 14.5 Å². The Morgan fingerprint density at radius 2 is 1.94 bits per heavy atom. The number of likely N-dealkylation sites (N-methyl/N-ethyl adjacent to an activating group) is 1. The Morgan fingerprint density at radius 1 is 1.26 bits per heavy atom. The van der Waals surface area contributed by atoms with Crippen LogP contribution in [0.1, 0.15) is 29.2 Å². The maximum Gasteiger partial charge on any atom is 0.416 e. The van der Waals surface area contributed by atoms with Crippen LogP contribution < -0.4 is 9.80 Å². The van der Waals surface area contributed by atoms with Crippen molar-refractivity contribution >= 4 is 34.9 Å². The molecule has 188 valence electrons. The van der Waals surface area contributed by atoms with Gasteiger partial charge in [0.15, 0.2) is 17.7 Å². The summed E-state index contributed by atoms with van der Waals surface area (Å²) >= 11 is 5.60. The normalized spacial score (nSPS) is 25.2. The molecule has 35 heavy (non-hydrogen) atoms. The SMILES string of the molecule is [2H]C([2H])([2H])N(C(=O)C1C2OC(C)(C)OC2C(=O)N1c1cc(C(F)(F)F)cc(C)n1)c1ccc(F)c(Cl)c1F. The van der Waals surface area contributed by atoms with Gasteiger partial charge in [-0.25, -0.2) is 13.8 Å². The molecule has 0 aliphatic carbocycles. The first-order valence-electron chi connectivity index (χ1n) is 11.6. The van der Waals surface area contributed by atoms with Crippen molar-refractivity contribution < 1.29 is 45.1 Å². The Hall–Kier alpha value is -2.83. The first-order chi connectivity index (χ1) is 17.3. The number of ether oxygens (including phenoxy) is 2. The molecule has 1 aromatic carbocycles. The lowest BCUT2D eigenvalue weighted by atomic mass is 10.1. The van der Waals surface area contributed by atoms with Gasteiger partial charge in [-0.2, -0.15) is 13.2 Å². The quantitative estimate of drug-likeness (QED) is 0.445. The zero-order valence-electron chi connectivity index (χ0n) is 21.3. The van der Waals surface area contributed by atoms with Gasteiger partial charge in [-0.05, 0) is 45.0 Å². The number of hydrogen-bond donors (Lipinski definition) is 0. The van der Waals surface area contributed by atoms with E-state index in [2.05, 4.69) is 4.98 Å². The van der Waals surface area contributed by atoms with Crippen LogP contribution in [0.2, 0.25) is 5.02 Å². The number of aryl methyl sites for hydroxylation is 1. The number of carbonyl (C=O) groups is 2. The van der Waals surface area contributed by atoms with E-state index in [4.69, 9.17) is 25.2 Å². The number of benzene rings is 1. The number of halogens is 6. The van der Waals surface area contributed by atoms with Crippen LogP contribution in [0, 0.1) is 18.6 Å². The summed E-state index contributed by atoms with van der Waals surface area (Å²) in [6.07, 6.45) is -7.91. The van der Waals surface area contributed by atoms with Crippen molar-refractivity contribution in [3.63, 3.8) is 0 Å². The fourth-order valence-electron chi connectivity index (χ4n) is 4.02. The van der Waals surface area contributed by atoms with E-state index in [0.717, 1.165) is 0 Å². The number of anilines is 2. The fourth-order valence-corrected chi connectivity index (χ4v) is 4.18. The third-order valence-electron chi connectivity index (χ3n) is 5.44. The van der Waals surface area contributed by atoms with Gasteiger partial charge < -0.3 is 14.4 Å². The van der Waals surface area contributed by atoms with Gasteiger partial charge >= 0.3 is 6.18 Å². The summed E-state index contributed by atoms with van der Waals surface area (Å²) in [5, 5.41) is -1.10. The minimum absolute atomic E-state index is 0.0316. The summed E-state index contributed by atoms with van der Waals surface area (Å²) < 4.78 is 104. The first-order valence-corrected chi connectivity index (χ1v) is 10.4. The molecular weight excluding hydrogens is 501 g/mol. The predicted molar refractivity (Wildman–Crippen MR) is 114 cm³/mol. The van der Waals surface area contributed by atoms with Crippen molar-refractivity contribution in [3.8, 4) is 0 Å². The van der Waals surface area contributed by atoms with Crippen molar-refractivity contribution in [3.05, 3.63) is 52.2 Å². The van der Waals surface area contributed by atoms with Crippen LogP contribution in [-0.4, -0.2) is 47.8 Å². The molecule has 0 radical (unpaired) electrons. The lowest BCUT2D eigenvalue weighted by Crippen LogP contribution is -2.51. The Bertz CT molecular complexity index is 1320. The molecule has 2 aromatic rings. The van der Waals surface area contributed by atoms with E-state index in [0.29, 0.717) is 29.2 Å². The monoisotopic (exact) mass is 522 g/mol. The smallest absolute Gasteiger partial charge is 0.341 e. The highest BCUT2D eigenvalue weighted by Gasteiger charge is 2.61. The second kappa shape index (κ2) is 8.38. The highest BCUT2D eigenvalue weighted by molar-refractivity contribution is 6.31. The van der Waals surface area contributed by atoms with Gasteiger partial charge in [0, 0.05) is 16.8 Å². The van der Waals surface area contributed by atoms with E-state index in [-0.39, 0.29) is 10.6 Å². The van der Waals surface area contributed by atoms with E-state index in [9.17, 15) is 31.5 Å². The van der Waals surface area contributed by atoms with Crippen LogP contribution in [0.15, 0.2) is 24.3 Å². The molecule has 2 amide bonds. The zero-order valence-corrected chi connectivity index (χ0v) is 19.0. The molecule has 3 atom stereocenters. The number of alkyl halides is 3. The Labute approximate surface area is 205 Å². The summed E-state index contributed by atoms with van der Waals surface area (Å²) in [4.78, 5) is 31.7. The zero-order chi connectivity index (χ0) is 28.5. The van der Waals surface area contributed by atoms with Crippen molar-refractivity contribution in [2.75, 3.05) is 16.8 Å². The maximum absolute atomic E-state index is 14.9. The van der Waals surface area contributed by atoms with Crippen LogP contribution in [-0.2, 0) is 25.2 Å². The molecule has 13 heteroatoms. The number of rotatable bonds is 3. The molecule has 2 saturated heterocycles. The minimum Gasteiger partial charge on any atom is -0.341 e. The lowest BCUT2D eigenvalue weighted by Gasteiger charge is -2.31. The molecule has 4 rings (SSSR count). The van der Waals surface area contributed by atoms with Crippen LogP contribution in [0.4, 0.5) is 33.5 Å². The molecule has 0 bridgehead atoms. The Kier molecular flexibility index (Phi) is 5.14. The molecule has 7 nitrogen and oxygen atoms in total. The number of carbonyl (C=O) groups excluding carboxylic acids is 2. The maximum atomic E-state index is 14.9. The van der Waals surface area contributed by atoms with E-state index in [1.165, 1.54) is 20.8 Å². The number of nitrogens with zero attached hydrogens (tertiary/aromatic N) is 3. The number of aromatic nitrogens is 1. The molecule has 2 aliphatic rings. The highest BCUT2D eigenvalue weighted by atomic mass is 35.5. The fraction of sp³-hybridized carbons (Fsp3) is 0.409. The third kappa shape index (κ3) is 4.34. The third-order valence-corrected chi connectivity index (χ3v) is 5.79. The average Bonchev–Trinajstić information content (AvgIpc) is 3.22. The van der Waals surface area contributed by atoms with Crippen LogP contribution in [0.3, 0.4) is 0 Å².